The molecule has 3 heterocycles. The Morgan fingerprint density at radius 1 is 1.38 bits per heavy atom. The highest BCUT2D eigenvalue weighted by molar-refractivity contribution is 7.99. The lowest BCUT2D eigenvalue weighted by Crippen LogP contribution is -2.27. The van der Waals surface area contributed by atoms with E-state index in [4.69, 9.17) is 4.52 Å². The monoisotopic (exact) mass is 346 g/mol. The molecule has 0 radical (unpaired) electrons. The summed E-state index contributed by atoms with van der Waals surface area (Å²) in [6.45, 7) is 5.80. The molecule has 1 aliphatic rings. The molecule has 6 nitrogen and oxygen atoms in total. The van der Waals surface area contributed by atoms with Gasteiger partial charge in [0.15, 0.2) is 5.82 Å². The van der Waals surface area contributed by atoms with Crippen molar-refractivity contribution < 1.29 is 9.32 Å². The smallest absolute Gasteiger partial charge is 0.255 e. The van der Waals surface area contributed by atoms with Crippen molar-refractivity contribution in [1.82, 2.24) is 20.0 Å². The second-order valence-electron chi connectivity index (χ2n) is 5.94. The molecule has 0 aromatic carbocycles. The minimum Gasteiger partial charge on any atom is -0.339 e. The predicted octanol–water partition coefficient (Wildman–Crippen LogP) is 3.51. The molecule has 1 saturated heterocycles. The molecule has 7 heteroatoms. The van der Waals surface area contributed by atoms with Gasteiger partial charge in [-0.25, -0.2) is 4.98 Å². The lowest BCUT2D eigenvalue weighted by Gasteiger charge is -2.15. The van der Waals surface area contributed by atoms with Gasteiger partial charge in [0, 0.05) is 25.7 Å². The first-order valence-corrected chi connectivity index (χ1v) is 9.30. The van der Waals surface area contributed by atoms with Gasteiger partial charge in [-0.15, -0.1) is 0 Å². The first kappa shape index (κ1) is 17.0. The summed E-state index contributed by atoms with van der Waals surface area (Å²) >= 11 is 1.55. The summed E-state index contributed by atoms with van der Waals surface area (Å²) in [5.74, 6) is 1.44. The van der Waals surface area contributed by atoms with Crippen molar-refractivity contribution in [3.8, 4) is 0 Å². The summed E-state index contributed by atoms with van der Waals surface area (Å²) in [6, 6.07) is 3.73. The molecule has 2 aromatic rings. The second-order valence-corrected chi connectivity index (χ2v) is 7.30. The number of carbonyl (C=O) groups excluding carboxylic acids is 1. The number of hydrogen-bond donors (Lipinski definition) is 0. The van der Waals surface area contributed by atoms with Crippen LogP contribution in [0.4, 0.5) is 0 Å². The first-order chi connectivity index (χ1) is 11.7. The number of amides is 1. The van der Waals surface area contributed by atoms with Gasteiger partial charge in [-0.1, -0.05) is 23.8 Å². The van der Waals surface area contributed by atoms with Gasteiger partial charge in [0.1, 0.15) is 0 Å². The molecule has 24 heavy (non-hydrogen) atoms. The molecule has 3 rings (SSSR count). The Balaban J connectivity index is 1.61. The van der Waals surface area contributed by atoms with Crippen LogP contribution in [0, 0.1) is 0 Å². The van der Waals surface area contributed by atoms with Crippen LogP contribution in [0.1, 0.15) is 60.4 Å². The van der Waals surface area contributed by atoms with Crippen LogP contribution in [-0.2, 0) is 6.42 Å². The molecule has 2 aromatic heterocycles. The normalized spacial score (nSPS) is 15.7. The molecule has 0 bridgehead atoms. The van der Waals surface area contributed by atoms with E-state index in [0.717, 1.165) is 49.6 Å². The molecule has 1 amide bonds. The average molecular weight is 346 g/mol. The van der Waals surface area contributed by atoms with Gasteiger partial charge < -0.3 is 9.42 Å². The molecule has 0 aliphatic carbocycles. The molecular weight excluding hydrogens is 324 g/mol. The van der Waals surface area contributed by atoms with Gasteiger partial charge in [0.25, 0.3) is 5.91 Å². The third kappa shape index (κ3) is 3.95. The van der Waals surface area contributed by atoms with E-state index >= 15 is 0 Å². The fraction of sp³-hybridized carbons (Fsp3) is 0.529. The highest BCUT2D eigenvalue weighted by Gasteiger charge is 2.20. The Labute approximate surface area is 146 Å². The predicted molar refractivity (Wildman–Crippen MR) is 91.9 cm³/mol. The van der Waals surface area contributed by atoms with E-state index in [9.17, 15) is 4.79 Å². The molecule has 1 aliphatic heterocycles. The molecule has 0 saturated carbocycles. The third-order valence-electron chi connectivity index (χ3n) is 3.98. The van der Waals surface area contributed by atoms with Gasteiger partial charge in [0.2, 0.25) is 5.89 Å². The van der Waals surface area contributed by atoms with Crippen LogP contribution in [0.25, 0.3) is 0 Å². The SMILES string of the molecule is CCCc1noc(C(C)Sc2ccc(C(=O)N3CCCC3)cn2)n1. The fourth-order valence-electron chi connectivity index (χ4n) is 2.67. The highest BCUT2D eigenvalue weighted by atomic mass is 32.2. The van der Waals surface area contributed by atoms with Crippen LogP contribution in [-0.4, -0.2) is 39.0 Å². The van der Waals surface area contributed by atoms with Crippen molar-refractivity contribution in [2.75, 3.05) is 13.1 Å². The summed E-state index contributed by atoms with van der Waals surface area (Å²) in [4.78, 5) is 23.0. The van der Waals surface area contributed by atoms with E-state index in [-0.39, 0.29) is 11.2 Å². The number of nitrogens with zero attached hydrogens (tertiary/aromatic N) is 4. The van der Waals surface area contributed by atoms with Crippen molar-refractivity contribution in [3.05, 3.63) is 35.6 Å². The summed E-state index contributed by atoms with van der Waals surface area (Å²) in [5, 5.41) is 4.85. The minimum absolute atomic E-state index is 0.0238. The number of aryl methyl sites for hydroxylation is 1. The number of hydrogen-bond acceptors (Lipinski definition) is 6. The average Bonchev–Trinajstić information content (AvgIpc) is 3.27. The third-order valence-corrected chi connectivity index (χ3v) is 5.02. The maximum absolute atomic E-state index is 12.3. The first-order valence-electron chi connectivity index (χ1n) is 8.42. The zero-order valence-electron chi connectivity index (χ0n) is 14.1. The van der Waals surface area contributed by atoms with E-state index in [1.54, 1.807) is 18.0 Å². The fourth-order valence-corrected chi connectivity index (χ4v) is 3.49. The molecular formula is C17H22N4O2S. The van der Waals surface area contributed by atoms with Gasteiger partial charge in [-0.2, -0.15) is 4.98 Å². The van der Waals surface area contributed by atoms with Gasteiger partial charge in [-0.05, 0) is 38.3 Å². The van der Waals surface area contributed by atoms with Crippen molar-refractivity contribution in [2.45, 2.75) is 49.8 Å². The van der Waals surface area contributed by atoms with Crippen LogP contribution < -0.4 is 0 Å². The number of likely N-dealkylation sites (tertiary alicyclic amines) is 1. The standard InChI is InChI=1S/C17H22N4O2S/c1-3-6-14-19-16(23-20-14)12(2)24-15-8-7-13(11-18-15)17(22)21-9-4-5-10-21/h7-8,11-12H,3-6,9-10H2,1-2H3. The quantitative estimate of drug-likeness (QED) is 0.745. The Hall–Kier alpha value is -1.89. The second kappa shape index (κ2) is 7.79. The minimum atomic E-state index is 0.0238. The van der Waals surface area contributed by atoms with E-state index in [1.807, 2.05) is 24.0 Å². The number of rotatable bonds is 6. The molecule has 1 unspecified atom stereocenters. The van der Waals surface area contributed by atoms with Crippen LogP contribution in [0.3, 0.4) is 0 Å². The molecule has 1 fully saturated rings. The van der Waals surface area contributed by atoms with Crippen LogP contribution in [0.15, 0.2) is 27.9 Å². The maximum atomic E-state index is 12.3. The van der Waals surface area contributed by atoms with Gasteiger partial charge in [0.05, 0.1) is 15.8 Å². The summed E-state index contributed by atoms with van der Waals surface area (Å²) in [5.41, 5.74) is 0.650. The van der Waals surface area contributed by atoms with Crippen LogP contribution in [0.5, 0.6) is 0 Å². The van der Waals surface area contributed by atoms with Crippen LogP contribution >= 0.6 is 11.8 Å². The maximum Gasteiger partial charge on any atom is 0.255 e. The van der Waals surface area contributed by atoms with Gasteiger partial charge in [-0.3, -0.25) is 4.79 Å². The zero-order chi connectivity index (χ0) is 16.9. The molecule has 0 spiro atoms. The molecule has 1 atom stereocenters. The number of pyridine rings is 1. The van der Waals surface area contributed by atoms with Crippen molar-refractivity contribution >= 4 is 17.7 Å². The molecule has 128 valence electrons. The largest absolute Gasteiger partial charge is 0.339 e. The lowest BCUT2D eigenvalue weighted by molar-refractivity contribution is 0.0792. The highest BCUT2D eigenvalue weighted by Crippen LogP contribution is 2.32. The van der Waals surface area contributed by atoms with Crippen molar-refractivity contribution in [1.29, 1.82) is 0 Å². The Morgan fingerprint density at radius 2 is 2.17 bits per heavy atom. The zero-order valence-corrected chi connectivity index (χ0v) is 14.9. The Bertz CT molecular complexity index is 680. The lowest BCUT2D eigenvalue weighted by atomic mass is 10.2. The Morgan fingerprint density at radius 3 is 2.83 bits per heavy atom. The number of aromatic nitrogens is 3. The number of carbonyl (C=O) groups is 1. The van der Waals surface area contributed by atoms with E-state index in [2.05, 4.69) is 22.0 Å². The Kier molecular flexibility index (Phi) is 5.50. The van der Waals surface area contributed by atoms with Crippen LogP contribution in [0.2, 0.25) is 0 Å². The van der Waals surface area contributed by atoms with E-state index in [0.29, 0.717) is 11.5 Å². The van der Waals surface area contributed by atoms with Crippen molar-refractivity contribution in [2.24, 2.45) is 0 Å². The number of thioether (sulfide) groups is 1. The summed E-state index contributed by atoms with van der Waals surface area (Å²) in [7, 11) is 0. The summed E-state index contributed by atoms with van der Waals surface area (Å²) < 4.78 is 5.31. The van der Waals surface area contributed by atoms with Crippen molar-refractivity contribution in [3.63, 3.8) is 0 Å². The van der Waals surface area contributed by atoms with Gasteiger partial charge >= 0.3 is 0 Å². The molecule has 0 N–H and O–H groups in total. The van der Waals surface area contributed by atoms with E-state index in [1.165, 1.54) is 0 Å². The topological polar surface area (TPSA) is 72.1 Å². The summed E-state index contributed by atoms with van der Waals surface area (Å²) in [6.07, 6.45) is 5.66. The van der Waals surface area contributed by atoms with E-state index < -0.39 is 0 Å².